The highest BCUT2D eigenvalue weighted by Gasteiger charge is 2.13. The fourth-order valence-corrected chi connectivity index (χ4v) is 1.86. The number of rotatable bonds is 1. The molecule has 0 aliphatic carbocycles. The van der Waals surface area contributed by atoms with Crippen molar-refractivity contribution in [2.75, 3.05) is 5.73 Å². The van der Waals surface area contributed by atoms with E-state index in [9.17, 15) is 4.39 Å². The zero-order valence-corrected chi connectivity index (χ0v) is 10.5. The highest BCUT2D eigenvalue weighted by atomic mass is 79.9. The van der Waals surface area contributed by atoms with E-state index in [1.54, 1.807) is 12.3 Å². The molecule has 3 aromatic heterocycles. The van der Waals surface area contributed by atoms with Crippen molar-refractivity contribution in [3.8, 4) is 11.5 Å². The Morgan fingerprint density at radius 1 is 1.22 bits per heavy atom. The summed E-state index contributed by atoms with van der Waals surface area (Å²) in [6.45, 7) is 0. The topological polar surface area (TPSA) is 77.8 Å². The van der Waals surface area contributed by atoms with Gasteiger partial charge in [-0.1, -0.05) is 0 Å². The maximum Gasteiger partial charge on any atom is 0.232 e. The third-order valence-corrected chi connectivity index (χ3v) is 2.76. The molecule has 0 aromatic carbocycles. The number of nitrogen functional groups attached to an aromatic ring is 1. The Morgan fingerprint density at radius 3 is 2.89 bits per heavy atom. The van der Waals surface area contributed by atoms with Crippen LogP contribution >= 0.6 is 15.9 Å². The molecule has 3 heterocycles. The van der Waals surface area contributed by atoms with Gasteiger partial charge in [-0.2, -0.15) is 4.98 Å². The van der Waals surface area contributed by atoms with Crippen molar-refractivity contribution >= 4 is 33.0 Å². The fourth-order valence-electron chi connectivity index (χ4n) is 1.53. The summed E-state index contributed by atoms with van der Waals surface area (Å²) >= 11 is 3.29. The fraction of sp³-hybridized carbons (Fsp3) is 0. The first-order valence-electron chi connectivity index (χ1n) is 4.97. The molecule has 5 nitrogen and oxygen atoms in total. The quantitative estimate of drug-likeness (QED) is 0.748. The predicted molar refractivity (Wildman–Crippen MR) is 67.1 cm³/mol. The number of nitrogens with two attached hydrogens (primary N) is 1. The molecular formula is C11H6BrFN4O. The first kappa shape index (κ1) is 11.1. The minimum atomic E-state index is -0.481. The summed E-state index contributed by atoms with van der Waals surface area (Å²) in [5, 5.41) is 0. The van der Waals surface area contributed by atoms with Crippen LogP contribution in [0.25, 0.3) is 22.7 Å². The van der Waals surface area contributed by atoms with E-state index in [2.05, 4.69) is 30.9 Å². The van der Waals surface area contributed by atoms with E-state index in [1.165, 1.54) is 6.07 Å². The van der Waals surface area contributed by atoms with Crippen LogP contribution in [0.3, 0.4) is 0 Å². The zero-order chi connectivity index (χ0) is 12.7. The van der Waals surface area contributed by atoms with Gasteiger partial charge in [0.25, 0.3) is 0 Å². The van der Waals surface area contributed by atoms with Gasteiger partial charge in [0.2, 0.25) is 5.89 Å². The Balaban J connectivity index is 2.22. The van der Waals surface area contributed by atoms with Gasteiger partial charge in [-0.3, -0.25) is 0 Å². The van der Waals surface area contributed by atoms with Gasteiger partial charge < -0.3 is 10.2 Å². The third kappa shape index (κ3) is 1.82. The molecule has 0 unspecified atom stereocenters. The van der Waals surface area contributed by atoms with Crippen LogP contribution in [0, 0.1) is 5.82 Å². The Hall–Kier alpha value is -2.02. The maximum absolute atomic E-state index is 13.0. The smallest absolute Gasteiger partial charge is 0.232 e. The Bertz CT molecular complexity index is 743. The maximum atomic E-state index is 13.0. The molecule has 0 radical (unpaired) electrons. The molecule has 0 fully saturated rings. The van der Waals surface area contributed by atoms with E-state index in [1.807, 2.05) is 0 Å². The lowest BCUT2D eigenvalue weighted by Crippen LogP contribution is -1.93. The highest BCUT2D eigenvalue weighted by Crippen LogP contribution is 2.28. The van der Waals surface area contributed by atoms with Crippen molar-refractivity contribution in [3.63, 3.8) is 0 Å². The first-order valence-corrected chi connectivity index (χ1v) is 5.76. The van der Waals surface area contributed by atoms with E-state index in [-0.39, 0.29) is 17.3 Å². The van der Waals surface area contributed by atoms with Crippen molar-refractivity contribution in [1.82, 2.24) is 15.0 Å². The lowest BCUT2D eigenvalue weighted by molar-refractivity contribution is 0.599. The van der Waals surface area contributed by atoms with Gasteiger partial charge in [-0.25, -0.2) is 14.4 Å². The van der Waals surface area contributed by atoms with Crippen LogP contribution in [-0.4, -0.2) is 15.0 Å². The first-order chi connectivity index (χ1) is 8.63. The van der Waals surface area contributed by atoms with Gasteiger partial charge in [0, 0.05) is 16.7 Å². The van der Waals surface area contributed by atoms with E-state index in [0.717, 1.165) is 10.7 Å². The number of anilines is 1. The predicted octanol–water partition coefficient (Wildman–Crippen LogP) is 2.77. The van der Waals surface area contributed by atoms with Gasteiger partial charge in [0.1, 0.15) is 11.6 Å². The molecule has 18 heavy (non-hydrogen) atoms. The number of hydrogen-bond donors (Lipinski definition) is 1. The summed E-state index contributed by atoms with van der Waals surface area (Å²) in [6.07, 6.45) is 2.65. The van der Waals surface area contributed by atoms with Gasteiger partial charge in [-0.15, -0.1) is 0 Å². The summed E-state index contributed by atoms with van der Waals surface area (Å²) in [6, 6.07) is 2.95. The molecule has 7 heteroatoms. The molecule has 2 N–H and O–H groups in total. The molecule has 0 atom stereocenters. The van der Waals surface area contributed by atoms with E-state index in [0.29, 0.717) is 11.2 Å². The molecule has 0 bridgehead atoms. The summed E-state index contributed by atoms with van der Waals surface area (Å²) in [4.78, 5) is 11.9. The van der Waals surface area contributed by atoms with Gasteiger partial charge in [-0.05, 0) is 22.0 Å². The molecule has 0 saturated heterocycles. The second-order valence-corrected chi connectivity index (χ2v) is 4.50. The third-order valence-electron chi connectivity index (χ3n) is 2.33. The Labute approximate surface area is 109 Å². The summed E-state index contributed by atoms with van der Waals surface area (Å²) < 4.78 is 19.2. The monoisotopic (exact) mass is 308 g/mol. The van der Waals surface area contributed by atoms with Crippen molar-refractivity contribution < 1.29 is 8.81 Å². The molecular weight excluding hydrogens is 303 g/mol. The normalized spacial score (nSPS) is 11.0. The number of fused-ring (bicyclic) bond motifs is 1. The Morgan fingerprint density at radius 2 is 2.06 bits per heavy atom. The number of pyridine rings is 2. The van der Waals surface area contributed by atoms with E-state index < -0.39 is 5.82 Å². The van der Waals surface area contributed by atoms with E-state index in [4.69, 9.17) is 10.2 Å². The lowest BCUT2D eigenvalue weighted by Gasteiger charge is -1.99. The van der Waals surface area contributed by atoms with Crippen LogP contribution in [0.15, 0.2) is 33.4 Å². The van der Waals surface area contributed by atoms with Crippen LogP contribution in [0.4, 0.5) is 10.2 Å². The molecule has 0 saturated carbocycles. The van der Waals surface area contributed by atoms with Crippen molar-refractivity contribution in [1.29, 1.82) is 0 Å². The number of hydrogen-bond acceptors (Lipinski definition) is 5. The average molecular weight is 309 g/mol. The average Bonchev–Trinajstić information content (AvgIpc) is 2.74. The van der Waals surface area contributed by atoms with E-state index >= 15 is 0 Å². The summed E-state index contributed by atoms with van der Waals surface area (Å²) in [7, 11) is 0. The molecule has 3 rings (SSSR count). The number of aromatic nitrogens is 3. The van der Waals surface area contributed by atoms with Crippen molar-refractivity contribution in [3.05, 3.63) is 34.8 Å². The molecule has 0 amide bonds. The van der Waals surface area contributed by atoms with Gasteiger partial charge in [0.15, 0.2) is 11.2 Å². The number of nitrogens with zero attached hydrogens (tertiary/aromatic N) is 3. The van der Waals surface area contributed by atoms with Crippen molar-refractivity contribution in [2.45, 2.75) is 0 Å². The molecule has 90 valence electrons. The van der Waals surface area contributed by atoms with Crippen LogP contribution < -0.4 is 5.73 Å². The van der Waals surface area contributed by atoms with Crippen LogP contribution in [0.1, 0.15) is 0 Å². The number of halogens is 2. The molecule has 0 aliphatic heterocycles. The Kier molecular flexibility index (Phi) is 2.48. The minimum absolute atomic E-state index is 0.259. The molecule has 0 aliphatic rings. The SMILES string of the molecule is Nc1ncc(Br)cc1-c1nc2ncc(F)cc2o1. The molecule has 0 spiro atoms. The van der Waals surface area contributed by atoms with Crippen LogP contribution in [0.5, 0.6) is 0 Å². The highest BCUT2D eigenvalue weighted by molar-refractivity contribution is 9.10. The van der Waals surface area contributed by atoms with Gasteiger partial charge in [0.05, 0.1) is 11.8 Å². The van der Waals surface area contributed by atoms with Gasteiger partial charge >= 0.3 is 0 Å². The summed E-state index contributed by atoms with van der Waals surface area (Å²) in [5.41, 5.74) is 6.87. The summed E-state index contributed by atoms with van der Waals surface area (Å²) in [5.74, 6) is 0.0603. The lowest BCUT2D eigenvalue weighted by atomic mass is 10.2. The second kappa shape index (κ2) is 4.02. The number of oxazole rings is 1. The zero-order valence-electron chi connectivity index (χ0n) is 8.89. The molecule has 3 aromatic rings. The van der Waals surface area contributed by atoms with Crippen molar-refractivity contribution in [2.24, 2.45) is 0 Å². The second-order valence-electron chi connectivity index (χ2n) is 3.58. The minimum Gasteiger partial charge on any atom is -0.434 e. The standard InChI is InChI=1S/C11H6BrFN4O/c12-5-1-7(9(14)15-3-5)11-17-10-8(18-11)2-6(13)4-16-10/h1-4H,(H2,14,15). The van der Waals surface area contributed by atoms with Crippen LogP contribution in [-0.2, 0) is 0 Å². The largest absolute Gasteiger partial charge is 0.434 e. The van der Waals surface area contributed by atoms with Crippen LogP contribution in [0.2, 0.25) is 0 Å².